The van der Waals surface area contributed by atoms with Gasteiger partial charge in [0.05, 0.1) is 6.10 Å². The summed E-state index contributed by atoms with van der Waals surface area (Å²) in [6, 6.07) is 0. The second-order valence-electron chi connectivity index (χ2n) is 6.73. The Morgan fingerprint density at radius 2 is 1.94 bits per heavy atom. The molecule has 1 heterocycles. The fourth-order valence-corrected chi connectivity index (χ4v) is 4.35. The monoisotopic (exact) mass is 254 g/mol. The molecule has 0 spiro atoms. The van der Waals surface area contributed by atoms with Crippen molar-refractivity contribution in [3.8, 4) is 0 Å². The van der Waals surface area contributed by atoms with Crippen molar-refractivity contribution in [1.29, 1.82) is 0 Å². The first-order chi connectivity index (χ1) is 8.59. The molecule has 0 aromatic carbocycles. The van der Waals surface area contributed by atoms with Crippen LogP contribution in [-0.2, 0) is 4.74 Å². The zero-order chi connectivity index (χ0) is 13.2. The van der Waals surface area contributed by atoms with Crippen molar-refractivity contribution in [3.63, 3.8) is 0 Å². The molecule has 2 N–H and O–H groups in total. The molecule has 106 valence electrons. The lowest BCUT2D eigenvalue weighted by molar-refractivity contribution is -0.0456. The highest BCUT2D eigenvalue weighted by Gasteiger charge is 2.42. The standard InChI is InChI=1S/C15H30N2O/c1-12-7-13(2)9-15(8-12,11-16)17-6-4-5-14(10-17)18-3/h12-14H,4-11,16H2,1-3H3. The third-order valence-corrected chi connectivity index (χ3v) is 5.02. The normalized spacial score (nSPS) is 43.0. The molecule has 3 unspecified atom stereocenters. The van der Waals surface area contributed by atoms with E-state index in [9.17, 15) is 0 Å². The van der Waals surface area contributed by atoms with Gasteiger partial charge < -0.3 is 10.5 Å². The summed E-state index contributed by atoms with van der Waals surface area (Å²) in [5.74, 6) is 1.61. The van der Waals surface area contributed by atoms with Crippen LogP contribution >= 0.6 is 0 Å². The van der Waals surface area contributed by atoms with E-state index in [0.29, 0.717) is 6.10 Å². The molecule has 1 aliphatic carbocycles. The summed E-state index contributed by atoms with van der Waals surface area (Å²) in [7, 11) is 1.84. The van der Waals surface area contributed by atoms with E-state index in [1.54, 1.807) is 0 Å². The van der Waals surface area contributed by atoms with Crippen LogP contribution in [0.5, 0.6) is 0 Å². The van der Waals surface area contributed by atoms with Gasteiger partial charge in [-0.3, -0.25) is 4.90 Å². The van der Waals surface area contributed by atoms with Gasteiger partial charge in [0.15, 0.2) is 0 Å². The fraction of sp³-hybridized carbons (Fsp3) is 1.00. The summed E-state index contributed by atoms with van der Waals surface area (Å²) >= 11 is 0. The molecule has 0 aromatic heterocycles. The first kappa shape index (κ1) is 14.3. The molecule has 0 radical (unpaired) electrons. The van der Waals surface area contributed by atoms with Gasteiger partial charge in [0.1, 0.15) is 0 Å². The van der Waals surface area contributed by atoms with E-state index >= 15 is 0 Å². The van der Waals surface area contributed by atoms with Crippen molar-refractivity contribution in [1.82, 2.24) is 4.90 Å². The van der Waals surface area contributed by atoms with Crippen LogP contribution in [0.3, 0.4) is 0 Å². The highest BCUT2D eigenvalue weighted by molar-refractivity contribution is 4.99. The summed E-state index contributed by atoms with van der Waals surface area (Å²) in [5.41, 5.74) is 6.44. The molecule has 1 saturated heterocycles. The zero-order valence-electron chi connectivity index (χ0n) is 12.3. The minimum atomic E-state index is 0.244. The Hall–Kier alpha value is -0.120. The lowest BCUT2D eigenvalue weighted by Gasteiger charge is -2.52. The zero-order valence-corrected chi connectivity index (χ0v) is 12.3. The molecule has 0 aromatic rings. The topological polar surface area (TPSA) is 38.5 Å². The molecule has 1 saturated carbocycles. The van der Waals surface area contributed by atoms with Crippen molar-refractivity contribution in [2.75, 3.05) is 26.7 Å². The molecular weight excluding hydrogens is 224 g/mol. The lowest BCUT2D eigenvalue weighted by Crippen LogP contribution is -2.60. The molecule has 3 nitrogen and oxygen atoms in total. The van der Waals surface area contributed by atoms with Crippen LogP contribution in [0.1, 0.15) is 46.0 Å². The summed E-state index contributed by atoms with van der Waals surface area (Å²) < 4.78 is 5.57. The van der Waals surface area contributed by atoms with Gasteiger partial charge in [0.25, 0.3) is 0 Å². The summed E-state index contributed by atoms with van der Waals surface area (Å²) in [4.78, 5) is 2.65. The van der Waals surface area contributed by atoms with Crippen molar-refractivity contribution < 1.29 is 4.74 Å². The highest BCUT2D eigenvalue weighted by Crippen LogP contribution is 2.40. The molecule has 2 fully saturated rings. The van der Waals surface area contributed by atoms with Gasteiger partial charge in [0, 0.05) is 25.7 Å². The van der Waals surface area contributed by atoms with E-state index in [1.165, 1.54) is 38.6 Å². The van der Waals surface area contributed by atoms with Gasteiger partial charge in [-0.05, 0) is 50.5 Å². The van der Waals surface area contributed by atoms with Crippen LogP contribution in [-0.4, -0.2) is 43.3 Å². The van der Waals surface area contributed by atoms with Crippen molar-refractivity contribution in [2.45, 2.75) is 57.6 Å². The highest BCUT2D eigenvalue weighted by atomic mass is 16.5. The second-order valence-corrected chi connectivity index (χ2v) is 6.73. The van der Waals surface area contributed by atoms with E-state index in [2.05, 4.69) is 18.7 Å². The number of hydrogen-bond acceptors (Lipinski definition) is 3. The molecule has 0 bridgehead atoms. The first-order valence-electron chi connectivity index (χ1n) is 7.57. The quantitative estimate of drug-likeness (QED) is 0.839. The van der Waals surface area contributed by atoms with Crippen LogP contribution in [0.25, 0.3) is 0 Å². The van der Waals surface area contributed by atoms with Crippen LogP contribution in [0.4, 0.5) is 0 Å². The number of hydrogen-bond donors (Lipinski definition) is 1. The molecule has 1 aliphatic heterocycles. The van der Waals surface area contributed by atoms with Crippen molar-refractivity contribution in [2.24, 2.45) is 17.6 Å². The van der Waals surface area contributed by atoms with Crippen LogP contribution in [0, 0.1) is 11.8 Å². The molecule has 18 heavy (non-hydrogen) atoms. The van der Waals surface area contributed by atoms with E-state index in [0.717, 1.165) is 24.9 Å². The number of piperidine rings is 1. The number of methoxy groups -OCH3 is 1. The maximum absolute atomic E-state index is 6.20. The molecule has 0 amide bonds. The third-order valence-electron chi connectivity index (χ3n) is 5.02. The van der Waals surface area contributed by atoms with Crippen LogP contribution in [0.2, 0.25) is 0 Å². The van der Waals surface area contributed by atoms with Crippen LogP contribution in [0.15, 0.2) is 0 Å². The SMILES string of the molecule is COC1CCCN(C2(CN)CC(C)CC(C)C2)C1. The molecular formula is C15H30N2O. The Kier molecular flexibility index (Phi) is 4.68. The van der Waals surface area contributed by atoms with Gasteiger partial charge >= 0.3 is 0 Å². The number of likely N-dealkylation sites (tertiary alicyclic amines) is 1. The minimum absolute atomic E-state index is 0.244. The first-order valence-corrected chi connectivity index (χ1v) is 7.57. The molecule has 2 rings (SSSR count). The Bertz CT molecular complexity index is 259. The number of nitrogens with zero attached hydrogens (tertiary/aromatic N) is 1. The maximum Gasteiger partial charge on any atom is 0.0698 e. The molecule has 3 atom stereocenters. The van der Waals surface area contributed by atoms with Crippen LogP contribution < -0.4 is 5.73 Å². The smallest absolute Gasteiger partial charge is 0.0698 e. The predicted molar refractivity (Wildman–Crippen MR) is 75.6 cm³/mol. The maximum atomic E-state index is 6.20. The number of rotatable bonds is 3. The van der Waals surface area contributed by atoms with Gasteiger partial charge in [-0.2, -0.15) is 0 Å². The van der Waals surface area contributed by atoms with Gasteiger partial charge in [0.2, 0.25) is 0 Å². The number of nitrogens with two attached hydrogens (primary N) is 1. The van der Waals surface area contributed by atoms with E-state index in [4.69, 9.17) is 10.5 Å². The average molecular weight is 254 g/mol. The predicted octanol–water partition coefficient (Wildman–Crippen LogP) is 2.25. The summed E-state index contributed by atoms with van der Waals surface area (Å²) in [6.07, 6.45) is 6.77. The molecule has 2 aliphatic rings. The van der Waals surface area contributed by atoms with Crippen molar-refractivity contribution >= 4 is 0 Å². The van der Waals surface area contributed by atoms with Gasteiger partial charge in [-0.25, -0.2) is 0 Å². The Morgan fingerprint density at radius 3 is 2.50 bits per heavy atom. The third kappa shape index (κ3) is 2.89. The number of ether oxygens (including phenoxy) is 1. The Balaban J connectivity index is 2.10. The van der Waals surface area contributed by atoms with Gasteiger partial charge in [-0.15, -0.1) is 0 Å². The second kappa shape index (κ2) is 5.89. The summed E-state index contributed by atoms with van der Waals surface area (Å²) in [5, 5.41) is 0. The summed E-state index contributed by atoms with van der Waals surface area (Å²) in [6.45, 7) is 7.86. The van der Waals surface area contributed by atoms with E-state index < -0.39 is 0 Å². The molecule has 3 heteroatoms. The average Bonchev–Trinajstić information content (AvgIpc) is 2.37. The lowest BCUT2D eigenvalue weighted by atomic mass is 9.70. The Labute approximate surface area is 112 Å². The minimum Gasteiger partial charge on any atom is -0.380 e. The van der Waals surface area contributed by atoms with Gasteiger partial charge in [-0.1, -0.05) is 13.8 Å². The van der Waals surface area contributed by atoms with E-state index in [-0.39, 0.29) is 5.54 Å². The van der Waals surface area contributed by atoms with Crippen molar-refractivity contribution in [3.05, 3.63) is 0 Å². The largest absolute Gasteiger partial charge is 0.380 e. The Morgan fingerprint density at radius 1 is 1.28 bits per heavy atom. The fourth-order valence-electron chi connectivity index (χ4n) is 4.35. The van der Waals surface area contributed by atoms with E-state index in [1.807, 2.05) is 7.11 Å².